The van der Waals surface area contributed by atoms with Gasteiger partial charge in [-0.1, -0.05) is 35.9 Å². The zero-order valence-corrected chi connectivity index (χ0v) is 25.4. The molecule has 0 spiro atoms. The lowest BCUT2D eigenvalue weighted by Gasteiger charge is -2.23. The van der Waals surface area contributed by atoms with Crippen molar-refractivity contribution in [2.24, 2.45) is 7.05 Å². The SMILES string of the molecule is CC(C)=Cc1nc(-c2cccc(-c3ccc4c(cnn4C)c3)c2)sc1/C(=C/CC(=O)O)c1cc(F)c2c(c1C)CCCO2. The second kappa shape index (κ2) is 11.6. The Bertz CT molecular complexity index is 1950. The number of ether oxygens (including phenoxy) is 1. The standard InChI is InChI=1S/C35H32FN3O3S/c1-20(2)15-30-34(27(11-13-32(40)41)28-18-29(36)33-26(21(28)3)9-6-14-42-33)43-35(38-30)24-8-5-7-22(16-24)23-10-12-31-25(17-23)19-37-39(31)4/h5,7-8,10-12,15-19H,6,9,13-14H2,1-4H3,(H,40,41)/b27-11+. The predicted molar refractivity (Wildman–Crippen MR) is 171 cm³/mol. The summed E-state index contributed by atoms with van der Waals surface area (Å²) in [6, 6.07) is 16.0. The molecule has 0 radical (unpaired) electrons. The number of fused-ring (bicyclic) bond motifs is 2. The average Bonchev–Trinajstić information content (AvgIpc) is 3.58. The van der Waals surface area contributed by atoms with Crippen LogP contribution in [-0.2, 0) is 18.3 Å². The Morgan fingerprint density at radius 1 is 1.14 bits per heavy atom. The minimum Gasteiger partial charge on any atom is -0.490 e. The Kier molecular flexibility index (Phi) is 7.71. The van der Waals surface area contributed by atoms with Crippen molar-refractivity contribution >= 4 is 39.9 Å². The number of benzene rings is 3. The molecule has 43 heavy (non-hydrogen) atoms. The minimum atomic E-state index is -0.955. The third-order valence-electron chi connectivity index (χ3n) is 7.72. The van der Waals surface area contributed by atoms with E-state index in [1.165, 1.54) is 17.4 Å². The summed E-state index contributed by atoms with van der Waals surface area (Å²) in [6.07, 6.45) is 6.87. The number of rotatable bonds is 7. The van der Waals surface area contributed by atoms with Gasteiger partial charge in [0.15, 0.2) is 11.6 Å². The number of aryl methyl sites for hydroxylation is 1. The summed E-state index contributed by atoms with van der Waals surface area (Å²) >= 11 is 1.49. The molecule has 6 nitrogen and oxygen atoms in total. The molecule has 3 aromatic carbocycles. The van der Waals surface area contributed by atoms with Crippen LogP contribution in [0.1, 0.15) is 54.0 Å². The van der Waals surface area contributed by atoms with Gasteiger partial charge in [-0.2, -0.15) is 5.10 Å². The number of aliphatic carboxylic acids is 1. The quantitative estimate of drug-likeness (QED) is 0.205. The lowest BCUT2D eigenvalue weighted by molar-refractivity contribution is -0.135. The van der Waals surface area contributed by atoms with Gasteiger partial charge in [0.05, 0.1) is 35.3 Å². The first-order valence-electron chi connectivity index (χ1n) is 14.3. The number of carboxylic acid groups (broad SMARTS) is 1. The van der Waals surface area contributed by atoms with Crippen LogP contribution in [-0.4, -0.2) is 32.4 Å². The summed E-state index contributed by atoms with van der Waals surface area (Å²) in [6.45, 7) is 6.45. The largest absolute Gasteiger partial charge is 0.490 e. The first kappa shape index (κ1) is 28.6. The molecule has 8 heteroatoms. The Morgan fingerprint density at radius 3 is 2.72 bits per heavy atom. The van der Waals surface area contributed by atoms with Crippen LogP contribution in [0.3, 0.4) is 0 Å². The maximum Gasteiger partial charge on any atom is 0.307 e. The molecule has 5 aromatic rings. The molecule has 218 valence electrons. The molecule has 0 saturated carbocycles. The molecule has 0 saturated heterocycles. The molecule has 0 aliphatic carbocycles. The van der Waals surface area contributed by atoms with E-state index in [0.717, 1.165) is 66.3 Å². The van der Waals surface area contributed by atoms with Gasteiger partial charge in [-0.3, -0.25) is 9.48 Å². The fraction of sp³-hybridized carbons (Fsp3) is 0.229. The maximum absolute atomic E-state index is 15.4. The molecule has 0 bridgehead atoms. The van der Waals surface area contributed by atoms with Gasteiger partial charge in [0.1, 0.15) is 5.01 Å². The van der Waals surface area contributed by atoms with E-state index in [-0.39, 0.29) is 6.42 Å². The first-order valence-corrected chi connectivity index (χ1v) is 15.1. The highest BCUT2D eigenvalue weighted by atomic mass is 32.1. The summed E-state index contributed by atoms with van der Waals surface area (Å²) in [5, 5.41) is 15.8. The van der Waals surface area contributed by atoms with Crippen molar-refractivity contribution in [1.82, 2.24) is 14.8 Å². The Hall–Kier alpha value is -4.56. The van der Waals surface area contributed by atoms with Crippen LogP contribution < -0.4 is 4.74 Å². The van der Waals surface area contributed by atoms with Crippen LogP contribution in [0.5, 0.6) is 5.75 Å². The summed E-state index contributed by atoms with van der Waals surface area (Å²) in [5.74, 6) is -1.08. The third kappa shape index (κ3) is 5.62. The third-order valence-corrected chi connectivity index (χ3v) is 8.87. The summed E-state index contributed by atoms with van der Waals surface area (Å²) < 4.78 is 22.9. The Morgan fingerprint density at radius 2 is 1.93 bits per heavy atom. The van der Waals surface area contributed by atoms with E-state index in [1.807, 2.05) is 56.9 Å². The van der Waals surface area contributed by atoms with Crippen molar-refractivity contribution in [3.8, 4) is 27.4 Å². The molecule has 0 amide bonds. The number of carbonyl (C=O) groups is 1. The number of nitrogens with zero attached hydrogens (tertiary/aromatic N) is 3. The highest BCUT2D eigenvalue weighted by Crippen LogP contribution is 2.42. The van der Waals surface area contributed by atoms with E-state index >= 15 is 4.39 Å². The van der Waals surface area contributed by atoms with Crippen LogP contribution in [0.25, 0.3) is 44.3 Å². The van der Waals surface area contributed by atoms with Crippen LogP contribution in [0.15, 0.2) is 66.4 Å². The second-order valence-corrected chi connectivity index (χ2v) is 12.1. The Balaban J connectivity index is 1.49. The monoisotopic (exact) mass is 593 g/mol. The van der Waals surface area contributed by atoms with Gasteiger partial charge in [0.25, 0.3) is 0 Å². The number of thiazole rings is 1. The van der Waals surface area contributed by atoms with Crippen LogP contribution in [0.4, 0.5) is 4.39 Å². The van der Waals surface area contributed by atoms with Crippen LogP contribution in [0, 0.1) is 12.7 Å². The fourth-order valence-electron chi connectivity index (χ4n) is 5.65. The molecule has 0 fully saturated rings. The van der Waals surface area contributed by atoms with E-state index in [9.17, 15) is 9.90 Å². The molecule has 1 aliphatic rings. The number of carboxylic acids is 1. The van der Waals surface area contributed by atoms with Gasteiger partial charge in [-0.25, -0.2) is 9.37 Å². The molecular weight excluding hydrogens is 561 g/mol. The van der Waals surface area contributed by atoms with E-state index in [1.54, 1.807) is 6.08 Å². The zero-order chi connectivity index (χ0) is 30.2. The fourth-order valence-corrected chi connectivity index (χ4v) is 6.74. The molecule has 3 heterocycles. The summed E-state index contributed by atoms with van der Waals surface area (Å²) in [5.41, 5.74) is 9.00. The lowest BCUT2D eigenvalue weighted by atomic mass is 9.90. The molecular formula is C35H32FN3O3S. The summed E-state index contributed by atoms with van der Waals surface area (Å²) in [7, 11) is 1.93. The van der Waals surface area contributed by atoms with Crippen LogP contribution >= 0.6 is 11.3 Å². The topological polar surface area (TPSA) is 77.2 Å². The van der Waals surface area contributed by atoms with Gasteiger partial charge in [-0.05, 0) is 91.8 Å². The normalized spacial score (nSPS) is 13.1. The van der Waals surface area contributed by atoms with E-state index < -0.39 is 11.8 Å². The van der Waals surface area contributed by atoms with Gasteiger partial charge >= 0.3 is 5.97 Å². The highest BCUT2D eigenvalue weighted by Gasteiger charge is 2.25. The number of halogens is 1. The van der Waals surface area contributed by atoms with Crippen molar-refractivity contribution in [1.29, 1.82) is 0 Å². The zero-order valence-electron chi connectivity index (χ0n) is 24.6. The van der Waals surface area contributed by atoms with E-state index in [4.69, 9.17) is 9.72 Å². The van der Waals surface area contributed by atoms with Crippen LogP contribution in [0.2, 0.25) is 0 Å². The predicted octanol–water partition coefficient (Wildman–Crippen LogP) is 8.47. The Labute approximate surface area is 253 Å². The smallest absolute Gasteiger partial charge is 0.307 e. The number of hydrogen-bond acceptors (Lipinski definition) is 5. The molecule has 2 aromatic heterocycles. The van der Waals surface area contributed by atoms with Gasteiger partial charge in [0.2, 0.25) is 0 Å². The van der Waals surface area contributed by atoms with Gasteiger partial charge in [0, 0.05) is 23.6 Å². The number of allylic oxidation sites excluding steroid dienone is 1. The first-order chi connectivity index (χ1) is 20.7. The second-order valence-electron chi connectivity index (χ2n) is 11.1. The van der Waals surface area contributed by atoms with E-state index in [0.29, 0.717) is 29.9 Å². The minimum absolute atomic E-state index is 0.197. The average molecular weight is 594 g/mol. The van der Waals surface area contributed by atoms with Crippen molar-refractivity contribution in [2.75, 3.05) is 6.61 Å². The van der Waals surface area contributed by atoms with Gasteiger partial charge < -0.3 is 9.84 Å². The van der Waals surface area contributed by atoms with Crippen molar-refractivity contribution in [3.05, 3.63) is 99.5 Å². The molecule has 1 aliphatic heterocycles. The molecule has 0 atom stereocenters. The highest BCUT2D eigenvalue weighted by molar-refractivity contribution is 7.16. The van der Waals surface area contributed by atoms with Crippen molar-refractivity contribution in [3.63, 3.8) is 0 Å². The van der Waals surface area contributed by atoms with Crippen molar-refractivity contribution < 1.29 is 19.0 Å². The van der Waals surface area contributed by atoms with Crippen molar-refractivity contribution in [2.45, 2.75) is 40.0 Å². The maximum atomic E-state index is 15.4. The lowest BCUT2D eigenvalue weighted by Crippen LogP contribution is -2.13. The number of aromatic nitrogens is 3. The number of hydrogen-bond donors (Lipinski definition) is 1. The van der Waals surface area contributed by atoms with Gasteiger partial charge in [-0.15, -0.1) is 11.3 Å². The summed E-state index contributed by atoms with van der Waals surface area (Å²) in [4.78, 5) is 17.6. The van der Waals surface area contributed by atoms with E-state index in [2.05, 4.69) is 35.4 Å². The molecule has 0 unspecified atom stereocenters. The molecule has 6 rings (SSSR count). The molecule has 1 N–H and O–H groups in total.